The quantitative estimate of drug-likeness (QED) is 0.188. The van der Waals surface area contributed by atoms with E-state index in [1.54, 1.807) is 0 Å². The maximum absolute atomic E-state index is 11.4. The van der Waals surface area contributed by atoms with E-state index in [2.05, 4.69) is 90.1 Å². The number of aliphatic hydroxyl groups is 1. The molecule has 0 bridgehead atoms. The molecule has 0 spiro atoms. The summed E-state index contributed by atoms with van der Waals surface area (Å²) in [5.41, 5.74) is 1.02. The van der Waals surface area contributed by atoms with Crippen LogP contribution in [0.5, 0.6) is 0 Å². The molecule has 3 rings (SSSR count). The van der Waals surface area contributed by atoms with E-state index in [0.717, 1.165) is 23.1 Å². The van der Waals surface area contributed by atoms with Crippen LogP contribution in [-0.4, -0.2) is 29.1 Å². The van der Waals surface area contributed by atoms with E-state index < -0.39 is 6.10 Å². The summed E-state index contributed by atoms with van der Waals surface area (Å²) in [4.78, 5) is 2.53. The summed E-state index contributed by atoms with van der Waals surface area (Å²) in [5.74, 6) is 0. The average molecular weight is 499 g/mol. The van der Waals surface area contributed by atoms with Crippen molar-refractivity contribution < 1.29 is 5.11 Å². The Bertz CT molecular complexity index is 973. The fourth-order valence-electron chi connectivity index (χ4n) is 4.74. The number of hydrogen-bond donors (Lipinski definition) is 1. The first-order valence-electron chi connectivity index (χ1n) is 12.6. The first kappa shape index (κ1) is 25.2. The Morgan fingerprint density at radius 1 is 0.781 bits per heavy atom. The summed E-state index contributed by atoms with van der Waals surface area (Å²) >= 11 is 3.72. The van der Waals surface area contributed by atoms with Gasteiger partial charge in [-0.05, 0) is 72.1 Å². The van der Waals surface area contributed by atoms with Crippen molar-refractivity contribution in [1.82, 2.24) is 4.90 Å². The minimum atomic E-state index is -0.487. The van der Waals surface area contributed by atoms with Crippen LogP contribution in [0.25, 0.3) is 21.5 Å². The van der Waals surface area contributed by atoms with Crippen molar-refractivity contribution in [2.24, 2.45) is 0 Å². The first-order chi connectivity index (χ1) is 15.6. The normalized spacial score (nSPS) is 13.8. The van der Waals surface area contributed by atoms with Gasteiger partial charge >= 0.3 is 0 Å². The molecule has 0 amide bonds. The van der Waals surface area contributed by atoms with Gasteiger partial charge in [0.2, 0.25) is 0 Å². The number of benzene rings is 3. The molecule has 3 heteroatoms. The monoisotopic (exact) mass is 497 g/mol. The third-order valence-corrected chi connectivity index (χ3v) is 7.46. The lowest BCUT2D eigenvalue weighted by molar-refractivity contribution is 0.0555. The second-order valence-corrected chi connectivity index (χ2v) is 10.1. The van der Waals surface area contributed by atoms with Crippen LogP contribution >= 0.6 is 15.9 Å². The highest BCUT2D eigenvalue weighted by Crippen LogP contribution is 2.34. The van der Waals surface area contributed by atoms with Gasteiger partial charge in [0.1, 0.15) is 0 Å². The number of halogens is 1. The van der Waals surface area contributed by atoms with Crippen molar-refractivity contribution >= 4 is 37.5 Å². The molecule has 2 nitrogen and oxygen atoms in total. The van der Waals surface area contributed by atoms with Crippen molar-refractivity contribution in [3.05, 3.63) is 58.6 Å². The molecule has 0 aliphatic rings. The van der Waals surface area contributed by atoms with Crippen LogP contribution in [0.2, 0.25) is 0 Å². The maximum Gasteiger partial charge on any atom is 0.0942 e. The Labute approximate surface area is 203 Å². The predicted octanol–water partition coefficient (Wildman–Crippen LogP) is 8.64. The van der Waals surface area contributed by atoms with E-state index in [0.29, 0.717) is 0 Å². The van der Waals surface area contributed by atoms with E-state index in [-0.39, 0.29) is 6.04 Å². The molecule has 0 saturated carbocycles. The highest BCUT2D eigenvalue weighted by Gasteiger charge is 2.23. The fourth-order valence-corrected chi connectivity index (χ4v) is 5.33. The molecule has 3 aromatic rings. The van der Waals surface area contributed by atoms with Crippen LogP contribution in [0.3, 0.4) is 0 Å². The molecule has 0 fully saturated rings. The smallest absolute Gasteiger partial charge is 0.0942 e. The third kappa shape index (κ3) is 6.34. The zero-order valence-electron chi connectivity index (χ0n) is 20.1. The van der Waals surface area contributed by atoms with Gasteiger partial charge in [-0.25, -0.2) is 0 Å². The molecule has 1 N–H and O–H groups in total. The van der Waals surface area contributed by atoms with E-state index in [1.807, 2.05) is 0 Å². The highest BCUT2D eigenvalue weighted by molar-refractivity contribution is 9.10. The van der Waals surface area contributed by atoms with Crippen LogP contribution in [0.1, 0.15) is 83.8 Å². The van der Waals surface area contributed by atoms with Crippen LogP contribution in [-0.2, 0) is 0 Å². The van der Waals surface area contributed by atoms with Gasteiger partial charge < -0.3 is 5.11 Å². The molecule has 0 aliphatic heterocycles. The van der Waals surface area contributed by atoms with Gasteiger partial charge in [-0.1, -0.05) is 105 Å². The Morgan fingerprint density at radius 2 is 1.41 bits per heavy atom. The highest BCUT2D eigenvalue weighted by atomic mass is 79.9. The molecule has 0 radical (unpaired) electrons. The summed E-state index contributed by atoms with van der Waals surface area (Å²) in [6.07, 6.45) is 9.63. The van der Waals surface area contributed by atoms with Crippen LogP contribution in [0.4, 0.5) is 0 Å². The molecule has 0 saturated heterocycles. The van der Waals surface area contributed by atoms with Crippen molar-refractivity contribution in [3.63, 3.8) is 0 Å². The summed E-state index contributed by atoms with van der Waals surface area (Å²) in [5, 5.41) is 16.3. The minimum Gasteiger partial charge on any atom is -0.387 e. The Balaban J connectivity index is 1.82. The van der Waals surface area contributed by atoms with Gasteiger partial charge in [-0.2, -0.15) is 0 Å². The van der Waals surface area contributed by atoms with Crippen LogP contribution in [0, 0.1) is 0 Å². The molecule has 2 atom stereocenters. The molecular formula is C29H40BrNO. The molecule has 0 aliphatic carbocycles. The average Bonchev–Trinajstić information content (AvgIpc) is 2.82. The number of hydrogen-bond acceptors (Lipinski definition) is 2. The summed E-state index contributed by atoms with van der Waals surface area (Å²) in [6.45, 7) is 8.88. The van der Waals surface area contributed by atoms with Gasteiger partial charge in [0.15, 0.2) is 0 Å². The second-order valence-electron chi connectivity index (χ2n) is 9.23. The zero-order valence-corrected chi connectivity index (χ0v) is 21.7. The van der Waals surface area contributed by atoms with E-state index >= 15 is 0 Å². The number of unbranched alkanes of at least 4 members (excludes halogenated alkanes) is 6. The Hall–Kier alpha value is -1.42. The molecule has 0 heterocycles. The lowest BCUT2D eigenvalue weighted by Crippen LogP contribution is -2.39. The third-order valence-electron chi connectivity index (χ3n) is 6.81. The number of nitrogens with zero attached hydrogens (tertiary/aromatic N) is 1. The van der Waals surface area contributed by atoms with Crippen molar-refractivity contribution in [3.8, 4) is 0 Å². The standard InChI is InChI=1S/C29H40BrNO/c1-4-6-8-12-18-31(19-13-9-7-5-2)22(3)29(32)24-17-16-23-21-28(30)26-15-11-10-14-25(26)27(23)20-24/h10-11,14-17,20-22,29,32H,4-9,12-13,18-19H2,1-3H3/t22-,29-/m1/s1. The molecule has 32 heavy (non-hydrogen) atoms. The van der Waals surface area contributed by atoms with E-state index in [1.165, 1.54) is 72.9 Å². The maximum atomic E-state index is 11.4. The second kappa shape index (κ2) is 12.7. The summed E-state index contributed by atoms with van der Waals surface area (Å²) in [6, 6.07) is 17.3. The summed E-state index contributed by atoms with van der Waals surface area (Å²) in [7, 11) is 0. The van der Waals surface area contributed by atoms with E-state index in [9.17, 15) is 5.11 Å². The van der Waals surface area contributed by atoms with Crippen molar-refractivity contribution in [2.45, 2.75) is 84.3 Å². The zero-order chi connectivity index (χ0) is 22.9. The topological polar surface area (TPSA) is 23.5 Å². The van der Waals surface area contributed by atoms with Gasteiger partial charge in [-0.3, -0.25) is 4.90 Å². The van der Waals surface area contributed by atoms with E-state index in [4.69, 9.17) is 0 Å². The molecule has 174 valence electrons. The van der Waals surface area contributed by atoms with Gasteiger partial charge in [0.25, 0.3) is 0 Å². The Kier molecular flexibility index (Phi) is 10.0. The van der Waals surface area contributed by atoms with Gasteiger partial charge in [0, 0.05) is 10.5 Å². The fraction of sp³-hybridized carbons (Fsp3) is 0.517. The molecule has 0 aromatic heterocycles. The van der Waals surface area contributed by atoms with Crippen molar-refractivity contribution in [1.29, 1.82) is 0 Å². The van der Waals surface area contributed by atoms with Gasteiger partial charge in [0.05, 0.1) is 6.10 Å². The van der Waals surface area contributed by atoms with Gasteiger partial charge in [-0.15, -0.1) is 0 Å². The van der Waals surface area contributed by atoms with Crippen LogP contribution in [0.15, 0.2) is 53.0 Å². The SMILES string of the molecule is CCCCCCN(CCCCCC)[C@H](C)[C@@H](O)c1ccc2cc(Br)c3ccccc3c2c1. The minimum absolute atomic E-state index is 0.109. The molecule has 0 unspecified atom stereocenters. The first-order valence-corrected chi connectivity index (χ1v) is 13.4. The predicted molar refractivity (Wildman–Crippen MR) is 143 cm³/mol. The number of fused-ring (bicyclic) bond motifs is 3. The molecule has 3 aromatic carbocycles. The lowest BCUT2D eigenvalue weighted by atomic mass is 9.95. The Morgan fingerprint density at radius 3 is 2.03 bits per heavy atom. The van der Waals surface area contributed by atoms with Crippen molar-refractivity contribution in [2.75, 3.05) is 13.1 Å². The molecular weight excluding hydrogens is 458 g/mol. The lowest BCUT2D eigenvalue weighted by Gasteiger charge is -2.33. The largest absolute Gasteiger partial charge is 0.387 e. The summed E-state index contributed by atoms with van der Waals surface area (Å²) < 4.78 is 1.12. The number of aliphatic hydroxyl groups excluding tert-OH is 1. The number of rotatable bonds is 13. The van der Waals surface area contributed by atoms with Crippen LogP contribution < -0.4 is 0 Å².